The second-order valence-corrected chi connectivity index (χ2v) is 9.93. The van der Waals surface area contributed by atoms with Crippen LogP contribution in [-0.2, 0) is 16.1 Å². The maximum atomic E-state index is 13.5. The molecule has 0 radical (unpaired) electrons. The van der Waals surface area contributed by atoms with Crippen LogP contribution in [0.3, 0.4) is 0 Å². The average molecular weight is 512 g/mol. The van der Waals surface area contributed by atoms with Gasteiger partial charge in [-0.25, -0.2) is 0 Å². The SMILES string of the molecule is NC[C@H]1CC[C@H](C(=O)NC(C(=O)NCc2ccccn2)c2cccc(-c3ccc4c(N)n[nH]c4c3)c2)CC1. The van der Waals surface area contributed by atoms with Crippen molar-refractivity contribution in [2.24, 2.45) is 17.6 Å². The lowest BCUT2D eigenvalue weighted by Crippen LogP contribution is -2.43. The zero-order valence-corrected chi connectivity index (χ0v) is 21.2. The van der Waals surface area contributed by atoms with E-state index in [-0.39, 0.29) is 24.3 Å². The van der Waals surface area contributed by atoms with Gasteiger partial charge in [-0.1, -0.05) is 30.3 Å². The van der Waals surface area contributed by atoms with E-state index in [0.717, 1.165) is 53.4 Å². The fourth-order valence-corrected chi connectivity index (χ4v) is 5.12. The molecule has 1 unspecified atom stereocenters. The number of rotatable bonds is 8. The monoisotopic (exact) mass is 511 g/mol. The molecule has 2 amide bonds. The Hall–Kier alpha value is -4.24. The predicted octanol–water partition coefficient (Wildman–Crippen LogP) is 3.45. The number of H-pyrrole nitrogens is 1. The Morgan fingerprint density at radius 1 is 1.00 bits per heavy atom. The van der Waals surface area contributed by atoms with Crippen LogP contribution in [0.4, 0.5) is 5.82 Å². The van der Waals surface area contributed by atoms with Crippen LogP contribution in [0.25, 0.3) is 22.0 Å². The third-order valence-corrected chi connectivity index (χ3v) is 7.42. The molecule has 2 aromatic carbocycles. The van der Waals surface area contributed by atoms with E-state index in [4.69, 9.17) is 11.5 Å². The Morgan fingerprint density at radius 3 is 2.58 bits per heavy atom. The van der Waals surface area contributed by atoms with Gasteiger partial charge in [-0.3, -0.25) is 19.7 Å². The second kappa shape index (κ2) is 11.4. The molecule has 5 rings (SSSR count). The van der Waals surface area contributed by atoms with Gasteiger partial charge in [-0.15, -0.1) is 0 Å². The highest BCUT2D eigenvalue weighted by Gasteiger charge is 2.30. The Morgan fingerprint density at radius 2 is 1.82 bits per heavy atom. The highest BCUT2D eigenvalue weighted by molar-refractivity contribution is 5.92. The maximum Gasteiger partial charge on any atom is 0.247 e. The summed E-state index contributed by atoms with van der Waals surface area (Å²) in [6.07, 6.45) is 5.11. The predicted molar refractivity (Wildman–Crippen MR) is 147 cm³/mol. The Bertz CT molecular complexity index is 1410. The number of aromatic nitrogens is 3. The highest BCUT2D eigenvalue weighted by Crippen LogP contribution is 2.30. The molecule has 1 saturated carbocycles. The molecular formula is C29H33N7O2. The van der Waals surface area contributed by atoms with Gasteiger partial charge in [0.1, 0.15) is 6.04 Å². The summed E-state index contributed by atoms with van der Waals surface area (Å²) >= 11 is 0. The molecule has 1 atom stereocenters. The topological polar surface area (TPSA) is 152 Å². The molecule has 2 heterocycles. The van der Waals surface area contributed by atoms with Gasteiger partial charge in [0.15, 0.2) is 5.82 Å². The first-order valence-electron chi connectivity index (χ1n) is 13.0. The molecule has 0 saturated heterocycles. The van der Waals surface area contributed by atoms with E-state index in [1.54, 1.807) is 6.20 Å². The average Bonchev–Trinajstić information content (AvgIpc) is 3.35. The van der Waals surface area contributed by atoms with Crippen molar-refractivity contribution in [3.05, 3.63) is 78.1 Å². The minimum Gasteiger partial charge on any atom is -0.382 e. The van der Waals surface area contributed by atoms with Crippen LogP contribution in [-0.4, -0.2) is 33.5 Å². The quantitative estimate of drug-likeness (QED) is 0.244. The van der Waals surface area contributed by atoms with Crippen molar-refractivity contribution in [3.8, 4) is 11.1 Å². The lowest BCUT2D eigenvalue weighted by Gasteiger charge is -2.28. The van der Waals surface area contributed by atoms with Crippen molar-refractivity contribution in [3.63, 3.8) is 0 Å². The van der Waals surface area contributed by atoms with Crippen molar-refractivity contribution in [1.29, 1.82) is 0 Å². The van der Waals surface area contributed by atoms with Crippen LogP contribution >= 0.6 is 0 Å². The Kier molecular flexibility index (Phi) is 7.65. The molecule has 9 nitrogen and oxygen atoms in total. The number of hydrogen-bond acceptors (Lipinski definition) is 6. The summed E-state index contributed by atoms with van der Waals surface area (Å²) in [6, 6.07) is 18.3. The summed E-state index contributed by atoms with van der Waals surface area (Å²) in [4.78, 5) is 31.0. The zero-order valence-electron chi connectivity index (χ0n) is 21.2. The summed E-state index contributed by atoms with van der Waals surface area (Å²) in [5, 5.41) is 13.9. The summed E-state index contributed by atoms with van der Waals surface area (Å²) in [5.41, 5.74) is 15.9. The molecule has 0 aliphatic heterocycles. The van der Waals surface area contributed by atoms with E-state index >= 15 is 0 Å². The summed E-state index contributed by atoms with van der Waals surface area (Å²) in [6.45, 7) is 0.919. The summed E-state index contributed by atoms with van der Waals surface area (Å²) < 4.78 is 0. The molecule has 7 N–H and O–H groups in total. The molecule has 2 aromatic heterocycles. The van der Waals surface area contributed by atoms with Gasteiger partial charge in [-0.2, -0.15) is 5.10 Å². The number of anilines is 1. The second-order valence-electron chi connectivity index (χ2n) is 9.93. The van der Waals surface area contributed by atoms with E-state index in [0.29, 0.717) is 23.8 Å². The van der Waals surface area contributed by atoms with Gasteiger partial charge in [0.2, 0.25) is 11.8 Å². The molecule has 1 aliphatic rings. The number of nitrogens with two attached hydrogens (primary N) is 2. The number of fused-ring (bicyclic) bond motifs is 1. The number of carbonyl (C=O) groups excluding carboxylic acids is 2. The molecule has 0 spiro atoms. The molecule has 196 valence electrons. The molecular weight excluding hydrogens is 478 g/mol. The standard InChI is InChI=1S/C29H33N7O2/c30-16-18-7-9-19(10-8-18)28(37)34-26(29(38)33-17-23-6-1-2-13-32-23)22-5-3-4-20(14-22)21-11-12-24-25(15-21)35-36-27(24)31/h1-6,11-15,18-19,26H,7-10,16-17,30H2,(H,33,38)(H,34,37)(H3,31,35,36)/t18-,19-,26?. The van der Waals surface area contributed by atoms with E-state index in [9.17, 15) is 9.59 Å². The van der Waals surface area contributed by atoms with Crippen molar-refractivity contribution < 1.29 is 9.59 Å². The van der Waals surface area contributed by atoms with Crippen molar-refractivity contribution in [2.75, 3.05) is 12.3 Å². The van der Waals surface area contributed by atoms with Gasteiger partial charge in [0.25, 0.3) is 0 Å². The van der Waals surface area contributed by atoms with Gasteiger partial charge in [0, 0.05) is 17.5 Å². The largest absolute Gasteiger partial charge is 0.382 e. The molecule has 0 bridgehead atoms. The van der Waals surface area contributed by atoms with Crippen molar-refractivity contribution >= 4 is 28.5 Å². The highest BCUT2D eigenvalue weighted by atomic mass is 16.2. The van der Waals surface area contributed by atoms with Crippen LogP contribution in [0.15, 0.2) is 66.9 Å². The molecule has 1 aliphatic carbocycles. The van der Waals surface area contributed by atoms with Gasteiger partial charge in [-0.05, 0) is 85.2 Å². The van der Waals surface area contributed by atoms with Crippen molar-refractivity contribution in [2.45, 2.75) is 38.3 Å². The van der Waals surface area contributed by atoms with Crippen LogP contribution in [0.5, 0.6) is 0 Å². The first-order valence-corrected chi connectivity index (χ1v) is 13.0. The minimum absolute atomic E-state index is 0.0989. The first-order chi connectivity index (χ1) is 18.5. The molecule has 38 heavy (non-hydrogen) atoms. The summed E-state index contributed by atoms with van der Waals surface area (Å²) in [7, 11) is 0. The lowest BCUT2D eigenvalue weighted by atomic mass is 9.81. The first kappa shape index (κ1) is 25.4. The number of amides is 2. The zero-order chi connectivity index (χ0) is 26.5. The third kappa shape index (κ3) is 5.68. The number of hydrogen-bond donors (Lipinski definition) is 5. The van der Waals surface area contributed by atoms with E-state index < -0.39 is 6.04 Å². The van der Waals surface area contributed by atoms with Crippen molar-refractivity contribution in [1.82, 2.24) is 25.8 Å². The Labute approximate surface area is 221 Å². The third-order valence-electron chi connectivity index (χ3n) is 7.42. The number of carbonyl (C=O) groups is 2. The smallest absolute Gasteiger partial charge is 0.247 e. The molecule has 9 heteroatoms. The maximum absolute atomic E-state index is 13.5. The number of nitrogens with zero attached hydrogens (tertiary/aromatic N) is 2. The molecule has 4 aromatic rings. The van der Waals surface area contributed by atoms with Crippen LogP contribution in [0, 0.1) is 11.8 Å². The van der Waals surface area contributed by atoms with Gasteiger partial charge >= 0.3 is 0 Å². The number of benzene rings is 2. The number of nitrogen functional groups attached to an aromatic ring is 1. The summed E-state index contributed by atoms with van der Waals surface area (Å²) in [5.74, 6) is 0.413. The Balaban J connectivity index is 1.39. The van der Waals surface area contributed by atoms with Gasteiger partial charge in [0.05, 0.1) is 17.8 Å². The van der Waals surface area contributed by atoms with Crippen LogP contribution < -0.4 is 22.1 Å². The fraction of sp³-hybridized carbons (Fsp3) is 0.310. The van der Waals surface area contributed by atoms with Crippen LogP contribution in [0.1, 0.15) is 43.0 Å². The number of nitrogens with one attached hydrogen (secondary N) is 3. The van der Waals surface area contributed by atoms with Gasteiger partial charge < -0.3 is 22.1 Å². The molecule has 1 fully saturated rings. The lowest BCUT2D eigenvalue weighted by molar-refractivity contribution is -0.132. The van der Waals surface area contributed by atoms with E-state index in [1.807, 2.05) is 60.7 Å². The van der Waals surface area contributed by atoms with E-state index in [2.05, 4.69) is 25.8 Å². The number of pyridine rings is 1. The van der Waals surface area contributed by atoms with Crippen LogP contribution in [0.2, 0.25) is 0 Å². The fourth-order valence-electron chi connectivity index (χ4n) is 5.12. The normalized spacial score (nSPS) is 18.1. The van der Waals surface area contributed by atoms with E-state index in [1.165, 1.54) is 0 Å². The minimum atomic E-state index is -0.843. The number of aromatic amines is 1.